The lowest BCUT2D eigenvalue weighted by molar-refractivity contribution is 0.0289. The Morgan fingerprint density at radius 2 is 2.20 bits per heavy atom. The van der Waals surface area contributed by atoms with Gasteiger partial charge in [-0.2, -0.15) is 11.8 Å². The number of hydrogen-bond donors (Lipinski definition) is 0. The minimum absolute atomic E-state index is 0.161. The van der Waals surface area contributed by atoms with Crippen LogP contribution in [0.1, 0.15) is 27.2 Å². The number of hydrogen-bond acceptors (Lipinski definition) is 3. The maximum atomic E-state index is 11.7. The molecule has 1 amide bonds. The van der Waals surface area contributed by atoms with Gasteiger partial charge in [-0.25, -0.2) is 4.79 Å². The number of thioether (sulfide) groups is 1. The molecule has 0 unspecified atom stereocenters. The zero-order chi connectivity index (χ0) is 11.5. The van der Waals surface area contributed by atoms with Crippen molar-refractivity contribution in [3.05, 3.63) is 0 Å². The highest BCUT2D eigenvalue weighted by molar-refractivity contribution is 7.98. The van der Waals surface area contributed by atoms with Gasteiger partial charge < -0.3 is 9.64 Å². The first-order valence-electron chi connectivity index (χ1n) is 5.39. The first-order chi connectivity index (χ1) is 6.92. The average Bonchev–Trinajstić information content (AvgIpc) is 2.50. The van der Waals surface area contributed by atoms with Gasteiger partial charge in [0.25, 0.3) is 0 Å². The third-order valence-corrected chi connectivity index (χ3v) is 3.14. The van der Waals surface area contributed by atoms with Crippen LogP contribution < -0.4 is 0 Å². The Labute approximate surface area is 96.5 Å². The normalized spacial score (nSPS) is 21.9. The molecule has 0 aromatic carbocycles. The summed E-state index contributed by atoms with van der Waals surface area (Å²) in [7, 11) is 0. The fraction of sp³-hybridized carbons (Fsp3) is 0.909. The number of amides is 1. The molecule has 1 saturated heterocycles. The van der Waals surface area contributed by atoms with Crippen LogP contribution in [0.2, 0.25) is 0 Å². The summed E-state index contributed by atoms with van der Waals surface area (Å²) in [4.78, 5) is 13.5. The highest BCUT2D eigenvalue weighted by Gasteiger charge is 2.29. The van der Waals surface area contributed by atoms with Crippen molar-refractivity contribution in [3.63, 3.8) is 0 Å². The van der Waals surface area contributed by atoms with Gasteiger partial charge in [0, 0.05) is 13.1 Å². The molecule has 4 heteroatoms. The molecule has 0 bridgehead atoms. The topological polar surface area (TPSA) is 29.5 Å². The number of rotatable bonds is 2. The summed E-state index contributed by atoms with van der Waals surface area (Å²) in [5, 5.41) is 0. The number of carbonyl (C=O) groups is 1. The van der Waals surface area contributed by atoms with Crippen molar-refractivity contribution in [2.45, 2.75) is 32.8 Å². The molecule has 1 aliphatic heterocycles. The predicted molar refractivity (Wildman–Crippen MR) is 64.3 cm³/mol. The van der Waals surface area contributed by atoms with E-state index in [9.17, 15) is 4.79 Å². The molecule has 0 spiro atoms. The second-order valence-corrected chi connectivity index (χ2v) is 5.95. The second kappa shape index (κ2) is 5.10. The van der Waals surface area contributed by atoms with Crippen molar-refractivity contribution >= 4 is 17.9 Å². The first-order valence-corrected chi connectivity index (χ1v) is 6.78. The Morgan fingerprint density at radius 3 is 2.73 bits per heavy atom. The van der Waals surface area contributed by atoms with Crippen LogP contribution in [-0.4, -0.2) is 41.7 Å². The molecule has 15 heavy (non-hydrogen) atoms. The minimum Gasteiger partial charge on any atom is -0.444 e. The lowest BCUT2D eigenvalue weighted by Crippen LogP contribution is -2.35. The smallest absolute Gasteiger partial charge is 0.410 e. The van der Waals surface area contributed by atoms with Crippen LogP contribution in [0.5, 0.6) is 0 Å². The number of ether oxygens (including phenoxy) is 1. The molecule has 0 radical (unpaired) electrons. The van der Waals surface area contributed by atoms with Crippen molar-refractivity contribution < 1.29 is 9.53 Å². The van der Waals surface area contributed by atoms with E-state index in [0.717, 1.165) is 25.3 Å². The highest BCUT2D eigenvalue weighted by Crippen LogP contribution is 2.21. The average molecular weight is 231 g/mol. The fourth-order valence-corrected chi connectivity index (χ4v) is 2.44. The van der Waals surface area contributed by atoms with E-state index in [0.29, 0.717) is 5.92 Å². The molecular weight excluding hydrogens is 210 g/mol. The Bertz CT molecular complexity index is 225. The summed E-state index contributed by atoms with van der Waals surface area (Å²) in [6, 6.07) is 0. The molecule has 1 fully saturated rings. The van der Waals surface area contributed by atoms with Gasteiger partial charge in [-0.05, 0) is 45.1 Å². The van der Waals surface area contributed by atoms with Crippen molar-refractivity contribution in [1.82, 2.24) is 4.90 Å². The van der Waals surface area contributed by atoms with Crippen LogP contribution in [0, 0.1) is 5.92 Å². The molecular formula is C11H21NO2S. The maximum absolute atomic E-state index is 11.7. The molecule has 1 rings (SSSR count). The molecule has 0 aromatic rings. The summed E-state index contributed by atoms with van der Waals surface area (Å²) >= 11 is 1.85. The molecule has 0 aliphatic carbocycles. The van der Waals surface area contributed by atoms with E-state index in [1.807, 2.05) is 37.4 Å². The summed E-state index contributed by atoms with van der Waals surface area (Å²) in [5.74, 6) is 1.78. The minimum atomic E-state index is -0.380. The van der Waals surface area contributed by atoms with Crippen molar-refractivity contribution in [1.29, 1.82) is 0 Å². The largest absolute Gasteiger partial charge is 0.444 e. The van der Waals surface area contributed by atoms with Crippen LogP contribution in [0.25, 0.3) is 0 Å². The van der Waals surface area contributed by atoms with E-state index in [-0.39, 0.29) is 11.7 Å². The Hall–Kier alpha value is -0.380. The van der Waals surface area contributed by atoms with Gasteiger partial charge in [0.15, 0.2) is 0 Å². The van der Waals surface area contributed by atoms with Crippen LogP contribution in [-0.2, 0) is 4.74 Å². The van der Waals surface area contributed by atoms with E-state index in [1.54, 1.807) is 0 Å². The third-order valence-electron chi connectivity index (χ3n) is 2.34. The molecule has 0 saturated carbocycles. The van der Waals surface area contributed by atoms with E-state index in [1.165, 1.54) is 0 Å². The molecule has 88 valence electrons. The Kier molecular flexibility index (Phi) is 4.32. The monoisotopic (exact) mass is 231 g/mol. The standard InChI is InChI=1S/C11H21NO2S/c1-11(2,3)14-10(13)12-6-5-9(7-12)8-15-4/h9H,5-8H2,1-4H3/t9-/m1/s1. The van der Waals surface area contributed by atoms with Gasteiger partial charge in [0.1, 0.15) is 5.60 Å². The van der Waals surface area contributed by atoms with Gasteiger partial charge in [-0.1, -0.05) is 0 Å². The summed E-state index contributed by atoms with van der Waals surface area (Å²) in [6.07, 6.45) is 3.06. The molecule has 1 aliphatic rings. The molecule has 0 N–H and O–H groups in total. The summed E-state index contributed by atoms with van der Waals surface area (Å²) in [6.45, 7) is 7.41. The van der Waals surface area contributed by atoms with Gasteiger partial charge in [0.05, 0.1) is 0 Å². The quantitative estimate of drug-likeness (QED) is 0.731. The van der Waals surface area contributed by atoms with Crippen LogP contribution in [0.3, 0.4) is 0 Å². The SMILES string of the molecule is CSC[C@@H]1CCN(C(=O)OC(C)(C)C)C1. The molecule has 0 aromatic heterocycles. The molecule has 3 nitrogen and oxygen atoms in total. The fourth-order valence-electron chi connectivity index (χ4n) is 1.70. The van der Waals surface area contributed by atoms with Crippen molar-refractivity contribution in [2.24, 2.45) is 5.92 Å². The summed E-state index contributed by atoms with van der Waals surface area (Å²) in [5.41, 5.74) is -0.380. The first kappa shape index (κ1) is 12.7. The zero-order valence-corrected chi connectivity index (χ0v) is 10.9. The highest BCUT2D eigenvalue weighted by atomic mass is 32.2. The van der Waals surface area contributed by atoms with E-state index in [2.05, 4.69) is 6.26 Å². The van der Waals surface area contributed by atoms with Crippen molar-refractivity contribution in [2.75, 3.05) is 25.1 Å². The van der Waals surface area contributed by atoms with Gasteiger partial charge in [0.2, 0.25) is 0 Å². The number of nitrogens with zero attached hydrogens (tertiary/aromatic N) is 1. The lowest BCUT2D eigenvalue weighted by Gasteiger charge is -2.24. The van der Waals surface area contributed by atoms with Crippen LogP contribution in [0.4, 0.5) is 4.79 Å². The summed E-state index contributed by atoms with van der Waals surface area (Å²) < 4.78 is 5.33. The van der Waals surface area contributed by atoms with E-state index < -0.39 is 0 Å². The number of carbonyl (C=O) groups excluding carboxylic acids is 1. The molecule has 1 heterocycles. The molecule has 1 atom stereocenters. The third kappa shape index (κ3) is 4.33. The Balaban J connectivity index is 2.37. The zero-order valence-electron chi connectivity index (χ0n) is 10.1. The van der Waals surface area contributed by atoms with Crippen LogP contribution in [0.15, 0.2) is 0 Å². The Morgan fingerprint density at radius 1 is 1.53 bits per heavy atom. The van der Waals surface area contributed by atoms with E-state index in [4.69, 9.17) is 4.74 Å². The van der Waals surface area contributed by atoms with Crippen LogP contribution >= 0.6 is 11.8 Å². The van der Waals surface area contributed by atoms with Gasteiger partial charge >= 0.3 is 6.09 Å². The van der Waals surface area contributed by atoms with E-state index >= 15 is 0 Å². The van der Waals surface area contributed by atoms with Gasteiger partial charge in [-0.3, -0.25) is 0 Å². The lowest BCUT2D eigenvalue weighted by atomic mass is 10.2. The van der Waals surface area contributed by atoms with Crippen molar-refractivity contribution in [3.8, 4) is 0 Å². The van der Waals surface area contributed by atoms with Gasteiger partial charge in [-0.15, -0.1) is 0 Å². The number of likely N-dealkylation sites (tertiary alicyclic amines) is 1. The maximum Gasteiger partial charge on any atom is 0.410 e. The second-order valence-electron chi connectivity index (χ2n) is 5.04. The predicted octanol–water partition coefficient (Wildman–Crippen LogP) is 2.61.